The predicted molar refractivity (Wildman–Crippen MR) is 124 cm³/mol. The summed E-state index contributed by atoms with van der Waals surface area (Å²) in [6.45, 7) is 7.67. The van der Waals surface area contributed by atoms with Crippen LogP contribution in [0.3, 0.4) is 0 Å². The van der Waals surface area contributed by atoms with Gasteiger partial charge in [-0.2, -0.15) is 0 Å². The van der Waals surface area contributed by atoms with Crippen molar-refractivity contribution in [3.05, 3.63) is 42.0 Å². The molecule has 0 bridgehead atoms. The van der Waals surface area contributed by atoms with Gasteiger partial charge in [0.25, 0.3) is 0 Å². The Morgan fingerprint density at radius 1 is 0.964 bits per heavy atom. The Bertz CT molecular complexity index is 770. The number of hydrogen-bond acceptors (Lipinski definition) is 5. The summed E-state index contributed by atoms with van der Waals surface area (Å²) >= 11 is 0. The van der Waals surface area contributed by atoms with Crippen LogP contribution in [0.15, 0.2) is 46.4 Å². The van der Waals surface area contributed by atoms with Crippen molar-refractivity contribution >= 4 is 40.9 Å². The third kappa shape index (κ3) is 5.94. The highest BCUT2D eigenvalue weighted by Crippen LogP contribution is 2.28. The molecule has 1 aliphatic heterocycles. The van der Waals surface area contributed by atoms with Crippen LogP contribution in [-0.4, -0.2) is 42.0 Å². The number of hydrogen-bond donors (Lipinski definition) is 2. The number of rotatable bonds is 5. The summed E-state index contributed by atoms with van der Waals surface area (Å²) in [5.74, 6) is 0. The Labute approximate surface area is 174 Å². The fraction of sp³-hybridized carbons (Fsp3) is 0.455. The number of nitrogen functional groups attached to an aromatic ring is 2. The molecule has 0 aromatic heterocycles. The van der Waals surface area contributed by atoms with E-state index >= 15 is 0 Å². The number of anilines is 2. The summed E-state index contributed by atoms with van der Waals surface area (Å²) in [7, 11) is 0. The van der Waals surface area contributed by atoms with E-state index in [0.717, 1.165) is 35.6 Å². The second kappa shape index (κ2) is 10.4. The number of halogens is 1. The maximum Gasteiger partial charge on any atom is 0.0870 e. The highest BCUT2D eigenvalue weighted by atomic mass is 35.5. The summed E-state index contributed by atoms with van der Waals surface area (Å²) in [6.07, 6.45) is 13.1. The van der Waals surface area contributed by atoms with E-state index in [0.29, 0.717) is 17.4 Å². The molecule has 1 aromatic carbocycles. The first-order chi connectivity index (χ1) is 13.0. The number of nitrogens with zero attached hydrogens (tertiary/aromatic N) is 3. The maximum absolute atomic E-state index is 6.04. The first kappa shape index (κ1) is 22.2. The standard InChI is InChI=1S/C22H31N5.ClH/c1-3-17(15-27-11-5-4-6-12-27)25-18-7-9-19(10-8-18)26-22-13-16(2)20(23)14-21(22)24;/h7-10,13-14,17H,3-6,11-12,15,23-24H2,1-2H3;1H. The van der Waals surface area contributed by atoms with Crippen LogP contribution in [0.1, 0.15) is 38.2 Å². The number of nitrogens with two attached hydrogens (primary N) is 2. The van der Waals surface area contributed by atoms with Crippen molar-refractivity contribution in [1.82, 2.24) is 4.90 Å². The van der Waals surface area contributed by atoms with Crippen LogP contribution in [0.25, 0.3) is 0 Å². The second-order valence-corrected chi connectivity index (χ2v) is 7.45. The molecule has 0 radical (unpaired) electrons. The van der Waals surface area contributed by atoms with Crippen molar-refractivity contribution < 1.29 is 0 Å². The topological polar surface area (TPSA) is 80.0 Å². The Hall–Kier alpha value is -2.11. The van der Waals surface area contributed by atoms with Gasteiger partial charge in [-0.3, -0.25) is 4.99 Å². The molecule has 1 unspecified atom stereocenters. The Balaban J connectivity index is 0.00000280. The largest absolute Gasteiger partial charge is 0.398 e. The van der Waals surface area contributed by atoms with Gasteiger partial charge in [0.15, 0.2) is 0 Å². The van der Waals surface area contributed by atoms with Crippen molar-refractivity contribution in [2.45, 2.75) is 45.6 Å². The van der Waals surface area contributed by atoms with Crippen molar-refractivity contribution in [2.75, 3.05) is 31.1 Å². The molecular formula is C22H32ClN5. The number of benzene rings is 1. The van der Waals surface area contributed by atoms with Crippen molar-refractivity contribution in [3.63, 3.8) is 0 Å². The van der Waals surface area contributed by atoms with Crippen LogP contribution in [0, 0.1) is 6.92 Å². The van der Waals surface area contributed by atoms with Gasteiger partial charge in [-0.1, -0.05) is 13.3 Å². The highest BCUT2D eigenvalue weighted by Gasteiger charge is 2.15. The van der Waals surface area contributed by atoms with Crippen LogP contribution in [0.5, 0.6) is 0 Å². The number of likely N-dealkylation sites (tertiary alicyclic amines) is 1. The lowest BCUT2D eigenvalue weighted by Gasteiger charge is -2.28. The van der Waals surface area contributed by atoms with Crippen molar-refractivity contribution in [3.8, 4) is 0 Å². The third-order valence-corrected chi connectivity index (χ3v) is 5.24. The monoisotopic (exact) mass is 401 g/mol. The van der Waals surface area contributed by atoms with E-state index in [1.165, 1.54) is 32.4 Å². The lowest BCUT2D eigenvalue weighted by molar-refractivity contribution is 0.215. The zero-order valence-electron chi connectivity index (χ0n) is 16.9. The van der Waals surface area contributed by atoms with Gasteiger partial charge >= 0.3 is 0 Å². The summed E-state index contributed by atoms with van der Waals surface area (Å²) < 4.78 is 0. The molecule has 28 heavy (non-hydrogen) atoms. The fourth-order valence-electron chi connectivity index (χ4n) is 3.49. The van der Waals surface area contributed by atoms with E-state index in [9.17, 15) is 0 Å². The van der Waals surface area contributed by atoms with Crippen molar-refractivity contribution in [2.24, 2.45) is 9.98 Å². The Morgan fingerprint density at radius 2 is 1.61 bits per heavy atom. The molecule has 3 rings (SSSR count). The molecule has 1 fully saturated rings. The summed E-state index contributed by atoms with van der Waals surface area (Å²) in [5, 5.41) is 0. The summed E-state index contributed by atoms with van der Waals surface area (Å²) in [6, 6.07) is 4.04. The molecule has 0 saturated carbocycles. The van der Waals surface area contributed by atoms with E-state index < -0.39 is 0 Å². The van der Waals surface area contributed by atoms with Gasteiger partial charge in [0, 0.05) is 12.2 Å². The molecule has 4 N–H and O–H groups in total. The predicted octanol–water partition coefficient (Wildman–Crippen LogP) is 4.49. The van der Waals surface area contributed by atoms with E-state index in [-0.39, 0.29) is 12.4 Å². The van der Waals surface area contributed by atoms with Crippen LogP contribution in [0.4, 0.5) is 17.1 Å². The first-order valence-corrected chi connectivity index (χ1v) is 9.95. The zero-order chi connectivity index (χ0) is 19.2. The minimum Gasteiger partial charge on any atom is -0.398 e. The quantitative estimate of drug-likeness (QED) is 0.563. The second-order valence-electron chi connectivity index (χ2n) is 7.45. The maximum atomic E-state index is 6.04. The highest BCUT2D eigenvalue weighted by molar-refractivity contribution is 6.19. The van der Waals surface area contributed by atoms with Crippen molar-refractivity contribution in [1.29, 1.82) is 0 Å². The number of piperidine rings is 1. The molecule has 2 aliphatic rings. The Kier molecular flexibility index (Phi) is 8.27. The van der Waals surface area contributed by atoms with Gasteiger partial charge < -0.3 is 16.4 Å². The average molecular weight is 402 g/mol. The van der Waals surface area contributed by atoms with E-state index in [1.807, 2.05) is 37.3 Å². The Morgan fingerprint density at radius 3 is 2.25 bits per heavy atom. The van der Waals surface area contributed by atoms with Crippen LogP contribution in [0.2, 0.25) is 0 Å². The third-order valence-electron chi connectivity index (χ3n) is 5.24. The molecule has 6 heteroatoms. The van der Waals surface area contributed by atoms with Crippen LogP contribution in [-0.2, 0) is 0 Å². The molecule has 1 atom stereocenters. The minimum atomic E-state index is 0. The van der Waals surface area contributed by atoms with Gasteiger partial charge in [-0.15, -0.1) is 12.4 Å². The van der Waals surface area contributed by atoms with Gasteiger partial charge in [0.05, 0.1) is 28.8 Å². The van der Waals surface area contributed by atoms with E-state index in [2.05, 4.69) is 16.8 Å². The number of allylic oxidation sites excluding steroid dienone is 4. The summed E-state index contributed by atoms with van der Waals surface area (Å²) in [4.78, 5) is 12.1. The average Bonchev–Trinajstić information content (AvgIpc) is 2.68. The molecule has 0 amide bonds. The van der Waals surface area contributed by atoms with Gasteiger partial charge in [-0.05, 0) is 81.3 Å². The SMILES string of the molecule is CCC(CN1CCCCC1)N=C1C=CC(=Nc2cc(C)c(N)cc2N)C=C1.Cl. The fourth-order valence-corrected chi connectivity index (χ4v) is 3.49. The first-order valence-electron chi connectivity index (χ1n) is 9.95. The molecule has 5 nitrogen and oxygen atoms in total. The molecule has 0 spiro atoms. The van der Waals surface area contributed by atoms with Crippen LogP contribution >= 0.6 is 12.4 Å². The van der Waals surface area contributed by atoms with E-state index in [4.69, 9.17) is 16.5 Å². The number of aryl methyl sites for hydroxylation is 1. The smallest absolute Gasteiger partial charge is 0.0870 e. The summed E-state index contributed by atoms with van der Waals surface area (Å²) in [5.41, 5.74) is 16.8. The molecule has 1 aromatic rings. The molecule has 1 heterocycles. The number of aliphatic imine (C=N–C) groups is 2. The van der Waals surface area contributed by atoms with Crippen LogP contribution < -0.4 is 11.5 Å². The lowest BCUT2D eigenvalue weighted by Crippen LogP contribution is -2.35. The van der Waals surface area contributed by atoms with Gasteiger partial charge in [0.2, 0.25) is 0 Å². The zero-order valence-corrected chi connectivity index (χ0v) is 17.7. The van der Waals surface area contributed by atoms with Gasteiger partial charge in [-0.25, -0.2) is 4.99 Å². The molecular weight excluding hydrogens is 370 g/mol. The van der Waals surface area contributed by atoms with Gasteiger partial charge in [0.1, 0.15) is 0 Å². The molecule has 1 saturated heterocycles. The molecule has 1 aliphatic carbocycles. The lowest BCUT2D eigenvalue weighted by atomic mass is 10.1. The van der Waals surface area contributed by atoms with E-state index in [1.54, 1.807) is 6.07 Å². The minimum absolute atomic E-state index is 0. The molecule has 152 valence electrons. The normalized spacial score (nSPS) is 17.9.